The van der Waals surface area contributed by atoms with Crippen LogP contribution in [-0.2, 0) is 14.3 Å². The zero-order valence-electron chi connectivity index (χ0n) is 14.4. The molecule has 3 nitrogen and oxygen atoms in total. The van der Waals surface area contributed by atoms with Gasteiger partial charge in [0.1, 0.15) is 11.2 Å². The van der Waals surface area contributed by atoms with Crippen molar-refractivity contribution in [3.8, 4) is 0 Å². The second-order valence-electron chi connectivity index (χ2n) is 7.24. The molecule has 3 heteroatoms. The normalized spacial score (nSPS) is 32.5. The maximum absolute atomic E-state index is 12.8. The minimum absolute atomic E-state index is 0.0505. The van der Waals surface area contributed by atoms with Crippen molar-refractivity contribution in [3.63, 3.8) is 0 Å². The molecule has 22 heavy (non-hydrogen) atoms. The summed E-state index contributed by atoms with van der Waals surface area (Å²) in [6.45, 7) is 4.16. The van der Waals surface area contributed by atoms with Gasteiger partial charge in [-0.05, 0) is 44.4 Å². The molecule has 3 saturated carbocycles. The molecule has 0 aliphatic heterocycles. The van der Waals surface area contributed by atoms with Crippen molar-refractivity contribution >= 4 is 11.8 Å². The molecule has 0 radical (unpaired) electrons. The van der Waals surface area contributed by atoms with E-state index in [9.17, 15) is 9.59 Å². The molecule has 3 aliphatic carbocycles. The Hall–Kier alpha value is -0.860. The van der Waals surface area contributed by atoms with Gasteiger partial charge in [-0.25, -0.2) is 0 Å². The average Bonchev–Trinajstić information content (AvgIpc) is 2.54. The number of hydrogen-bond acceptors (Lipinski definition) is 3. The van der Waals surface area contributed by atoms with Gasteiger partial charge in [0.05, 0.1) is 6.61 Å². The first-order valence-corrected chi connectivity index (χ1v) is 9.32. The van der Waals surface area contributed by atoms with Gasteiger partial charge in [-0.15, -0.1) is 0 Å². The van der Waals surface area contributed by atoms with Crippen molar-refractivity contribution in [2.75, 3.05) is 6.61 Å². The van der Waals surface area contributed by atoms with Crippen LogP contribution >= 0.6 is 0 Å². The van der Waals surface area contributed by atoms with Gasteiger partial charge >= 0.3 is 5.97 Å². The van der Waals surface area contributed by atoms with Crippen LogP contribution in [0.3, 0.4) is 0 Å². The summed E-state index contributed by atoms with van der Waals surface area (Å²) in [7, 11) is 0. The summed E-state index contributed by atoms with van der Waals surface area (Å²) in [6.07, 6.45) is 12.3. The van der Waals surface area contributed by atoms with Crippen LogP contribution in [0, 0.1) is 17.3 Å². The van der Waals surface area contributed by atoms with Crippen LogP contribution in [0.1, 0.15) is 84.5 Å². The van der Waals surface area contributed by atoms with Crippen LogP contribution in [0.2, 0.25) is 0 Å². The second kappa shape index (κ2) is 8.12. The van der Waals surface area contributed by atoms with Crippen LogP contribution < -0.4 is 0 Å². The van der Waals surface area contributed by atoms with Crippen LogP contribution in [0.4, 0.5) is 0 Å². The van der Waals surface area contributed by atoms with Gasteiger partial charge < -0.3 is 4.74 Å². The highest BCUT2D eigenvalue weighted by molar-refractivity contribution is 6.04. The van der Waals surface area contributed by atoms with Gasteiger partial charge in [0.2, 0.25) is 0 Å². The van der Waals surface area contributed by atoms with Gasteiger partial charge in [-0.3, -0.25) is 9.59 Å². The first kappa shape index (κ1) is 17.5. The summed E-state index contributed by atoms with van der Waals surface area (Å²) in [6, 6.07) is 0. The first-order chi connectivity index (χ1) is 10.6. The van der Waals surface area contributed by atoms with Gasteiger partial charge in [0, 0.05) is 0 Å². The molecule has 0 aromatic carbocycles. The van der Waals surface area contributed by atoms with Crippen molar-refractivity contribution < 1.29 is 14.3 Å². The maximum Gasteiger partial charge on any atom is 0.320 e. The Bertz CT molecular complexity index is 368. The van der Waals surface area contributed by atoms with E-state index in [4.69, 9.17) is 4.74 Å². The highest BCUT2D eigenvalue weighted by atomic mass is 16.5. The maximum atomic E-state index is 12.8. The van der Waals surface area contributed by atoms with Crippen molar-refractivity contribution in [2.24, 2.45) is 17.3 Å². The standard InChI is InChI=1S/C19H32O3/c1-3-4-13-22-18(21)19(15(2)20)16-11-9-7-5-6-8-10-12-17(19)14-16/h16-17H,3-14H2,1-2H3. The number of carbonyl (C=O) groups excluding carboxylic acids is 2. The lowest BCUT2D eigenvalue weighted by atomic mass is 9.49. The number of hydrogen-bond donors (Lipinski definition) is 0. The summed E-state index contributed by atoms with van der Waals surface area (Å²) in [5.74, 6) is 0.285. The Balaban J connectivity index is 2.14. The molecule has 0 saturated heterocycles. The highest BCUT2D eigenvalue weighted by Crippen LogP contribution is 2.57. The molecule has 2 bridgehead atoms. The van der Waals surface area contributed by atoms with E-state index in [1.54, 1.807) is 6.92 Å². The van der Waals surface area contributed by atoms with E-state index in [0.717, 1.165) is 44.9 Å². The van der Waals surface area contributed by atoms with E-state index in [-0.39, 0.29) is 23.6 Å². The highest BCUT2D eigenvalue weighted by Gasteiger charge is 2.63. The van der Waals surface area contributed by atoms with E-state index in [0.29, 0.717) is 6.61 Å². The number of unbranched alkanes of at least 4 members (excludes halogenated alkanes) is 1. The molecule has 3 fully saturated rings. The van der Waals surface area contributed by atoms with E-state index >= 15 is 0 Å². The molecule has 0 amide bonds. The summed E-state index contributed by atoms with van der Waals surface area (Å²) in [5, 5.41) is 0. The second-order valence-corrected chi connectivity index (χ2v) is 7.24. The summed E-state index contributed by atoms with van der Waals surface area (Å²) in [5.41, 5.74) is -0.807. The fraction of sp³-hybridized carbons (Fsp3) is 0.895. The number of ether oxygens (including phenoxy) is 1. The Morgan fingerprint density at radius 1 is 1.00 bits per heavy atom. The van der Waals surface area contributed by atoms with E-state index in [1.807, 2.05) is 0 Å². The molecule has 0 aromatic rings. The zero-order valence-corrected chi connectivity index (χ0v) is 14.4. The Labute approximate surface area is 135 Å². The van der Waals surface area contributed by atoms with Crippen LogP contribution in [-0.4, -0.2) is 18.4 Å². The molecule has 2 atom stereocenters. The summed E-state index contributed by atoms with van der Waals surface area (Å²) < 4.78 is 5.53. The molecule has 2 unspecified atom stereocenters. The lowest BCUT2D eigenvalue weighted by molar-refractivity contribution is -0.184. The predicted molar refractivity (Wildman–Crippen MR) is 87.5 cm³/mol. The third-order valence-electron chi connectivity index (χ3n) is 5.86. The first-order valence-electron chi connectivity index (χ1n) is 9.32. The SMILES string of the molecule is CCCCOC(=O)C1(C(C)=O)C2CCCCCCCCC1C2. The average molecular weight is 308 g/mol. The fourth-order valence-electron chi connectivity index (χ4n) is 4.55. The number of rotatable bonds is 5. The Morgan fingerprint density at radius 2 is 1.55 bits per heavy atom. The van der Waals surface area contributed by atoms with Gasteiger partial charge in [-0.1, -0.05) is 51.9 Å². The molecule has 126 valence electrons. The third-order valence-corrected chi connectivity index (χ3v) is 5.86. The summed E-state index contributed by atoms with van der Waals surface area (Å²) in [4.78, 5) is 25.3. The monoisotopic (exact) mass is 308 g/mol. The molecule has 0 spiro atoms. The Kier molecular flexibility index (Phi) is 6.46. The van der Waals surface area contributed by atoms with Gasteiger partial charge in [-0.2, -0.15) is 0 Å². The molecular weight excluding hydrogens is 276 g/mol. The molecule has 3 rings (SSSR count). The number of ketones is 1. The Morgan fingerprint density at radius 3 is 2.05 bits per heavy atom. The van der Waals surface area contributed by atoms with Crippen molar-refractivity contribution in [1.29, 1.82) is 0 Å². The predicted octanol–water partition coefficient (Wildman–Crippen LogP) is 4.68. The van der Waals surface area contributed by atoms with Crippen molar-refractivity contribution in [3.05, 3.63) is 0 Å². The molecule has 0 N–H and O–H groups in total. The molecule has 0 aromatic heterocycles. The van der Waals surface area contributed by atoms with Crippen LogP contribution in [0.25, 0.3) is 0 Å². The third kappa shape index (κ3) is 3.38. The molecule has 0 heterocycles. The number of fused-ring (bicyclic) bond motifs is 7. The van der Waals surface area contributed by atoms with E-state index in [1.165, 1.54) is 25.7 Å². The molecular formula is C19H32O3. The van der Waals surface area contributed by atoms with E-state index < -0.39 is 5.41 Å². The van der Waals surface area contributed by atoms with E-state index in [2.05, 4.69) is 6.92 Å². The largest absolute Gasteiger partial charge is 0.465 e. The summed E-state index contributed by atoms with van der Waals surface area (Å²) >= 11 is 0. The van der Waals surface area contributed by atoms with Crippen LogP contribution in [0.15, 0.2) is 0 Å². The van der Waals surface area contributed by atoms with Crippen LogP contribution in [0.5, 0.6) is 0 Å². The lowest BCUT2D eigenvalue weighted by Gasteiger charge is -2.52. The topological polar surface area (TPSA) is 43.4 Å². The van der Waals surface area contributed by atoms with Gasteiger partial charge in [0.25, 0.3) is 0 Å². The number of carbonyl (C=O) groups is 2. The smallest absolute Gasteiger partial charge is 0.320 e. The fourth-order valence-corrected chi connectivity index (χ4v) is 4.55. The molecule has 3 aliphatic rings. The zero-order chi connectivity index (χ0) is 16.0. The minimum atomic E-state index is -0.807. The van der Waals surface area contributed by atoms with Crippen molar-refractivity contribution in [2.45, 2.75) is 84.5 Å². The minimum Gasteiger partial charge on any atom is -0.465 e. The number of Topliss-reactive ketones (excluding diaryl/α,β-unsaturated/α-hetero) is 1. The van der Waals surface area contributed by atoms with Crippen molar-refractivity contribution in [1.82, 2.24) is 0 Å². The van der Waals surface area contributed by atoms with Gasteiger partial charge in [0.15, 0.2) is 0 Å². The number of esters is 1. The lowest BCUT2D eigenvalue weighted by Crippen LogP contribution is -2.59. The quantitative estimate of drug-likeness (QED) is 0.421.